The molecule has 1 saturated carbocycles. The van der Waals surface area contributed by atoms with Crippen molar-refractivity contribution in [2.75, 3.05) is 0 Å². The average molecular weight is 202 g/mol. The molecule has 1 nitrogen and oxygen atoms in total. The van der Waals surface area contributed by atoms with E-state index in [-0.39, 0.29) is 5.92 Å². The van der Waals surface area contributed by atoms with Crippen LogP contribution in [0.1, 0.15) is 43.0 Å². The van der Waals surface area contributed by atoms with Gasteiger partial charge in [-0.3, -0.25) is 4.79 Å². The molecule has 0 radical (unpaired) electrons. The lowest BCUT2D eigenvalue weighted by Crippen LogP contribution is -2.18. The van der Waals surface area contributed by atoms with E-state index in [1.165, 1.54) is 25.7 Å². The Hall–Kier alpha value is -1.11. The Bertz CT molecular complexity index is 322. The van der Waals surface area contributed by atoms with Gasteiger partial charge in [-0.2, -0.15) is 0 Å². The van der Waals surface area contributed by atoms with Gasteiger partial charge in [0.25, 0.3) is 0 Å². The zero-order valence-electron chi connectivity index (χ0n) is 9.28. The summed E-state index contributed by atoms with van der Waals surface area (Å²) in [6.45, 7) is 2.09. The predicted molar refractivity (Wildman–Crippen MR) is 61.9 cm³/mol. The van der Waals surface area contributed by atoms with Crippen LogP contribution in [0.5, 0.6) is 0 Å². The Morgan fingerprint density at radius 3 is 2.40 bits per heavy atom. The molecule has 1 aromatic carbocycles. The number of carbonyl (C=O) groups excluding carboxylic acids is 1. The van der Waals surface area contributed by atoms with E-state index in [0.717, 1.165) is 5.56 Å². The smallest absolute Gasteiger partial charge is 0.165 e. The van der Waals surface area contributed by atoms with E-state index in [1.807, 2.05) is 30.3 Å². The first-order chi connectivity index (χ1) is 7.29. The monoisotopic (exact) mass is 202 g/mol. The second-order valence-electron chi connectivity index (χ2n) is 4.56. The molecule has 1 aliphatic carbocycles. The zero-order valence-corrected chi connectivity index (χ0v) is 9.28. The standard InChI is InChI=1S/C14H18O/c1-11(12-7-5-6-8-12)14(15)13-9-3-2-4-10-13/h2-4,9-12H,5-8H2,1H3. The number of Topliss-reactive ketones (excluding diaryl/α,β-unsaturated/α-hetero) is 1. The molecule has 15 heavy (non-hydrogen) atoms. The minimum atomic E-state index is 0.204. The molecule has 0 spiro atoms. The second-order valence-corrected chi connectivity index (χ2v) is 4.56. The fraction of sp³-hybridized carbons (Fsp3) is 0.500. The number of ketones is 1. The maximum atomic E-state index is 12.1. The summed E-state index contributed by atoms with van der Waals surface area (Å²) >= 11 is 0. The lowest BCUT2D eigenvalue weighted by molar-refractivity contribution is 0.0888. The highest BCUT2D eigenvalue weighted by Crippen LogP contribution is 2.32. The number of benzene rings is 1. The molecule has 1 aromatic rings. The minimum absolute atomic E-state index is 0.204. The van der Waals surface area contributed by atoms with Crippen LogP contribution in [0.25, 0.3) is 0 Å². The molecule has 0 amide bonds. The van der Waals surface area contributed by atoms with Gasteiger partial charge in [-0.1, -0.05) is 50.1 Å². The highest BCUT2D eigenvalue weighted by molar-refractivity contribution is 5.97. The molecule has 1 heteroatoms. The van der Waals surface area contributed by atoms with Gasteiger partial charge < -0.3 is 0 Å². The van der Waals surface area contributed by atoms with E-state index in [1.54, 1.807) is 0 Å². The zero-order chi connectivity index (χ0) is 10.7. The second kappa shape index (κ2) is 4.61. The van der Waals surface area contributed by atoms with Crippen LogP contribution < -0.4 is 0 Å². The van der Waals surface area contributed by atoms with Gasteiger partial charge in [0.1, 0.15) is 0 Å². The van der Waals surface area contributed by atoms with Gasteiger partial charge in [0.15, 0.2) is 5.78 Å². The SMILES string of the molecule is CC(C(=O)c1ccccc1)C1CCCC1. The van der Waals surface area contributed by atoms with E-state index in [4.69, 9.17) is 0 Å². The molecule has 0 N–H and O–H groups in total. The summed E-state index contributed by atoms with van der Waals surface area (Å²) in [5.41, 5.74) is 0.872. The molecule has 1 aliphatic rings. The van der Waals surface area contributed by atoms with Crippen molar-refractivity contribution in [3.63, 3.8) is 0 Å². The number of hydrogen-bond acceptors (Lipinski definition) is 1. The van der Waals surface area contributed by atoms with Gasteiger partial charge in [-0.15, -0.1) is 0 Å². The van der Waals surface area contributed by atoms with Gasteiger partial charge >= 0.3 is 0 Å². The van der Waals surface area contributed by atoms with Crippen LogP contribution in [0.3, 0.4) is 0 Å². The van der Waals surface area contributed by atoms with Crippen molar-refractivity contribution in [1.29, 1.82) is 0 Å². The van der Waals surface area contributed by atoms with Crippen LogP contribution in [-0.4, -0.2) is 5.78 Å². The Labute approximate surface area is 91.5 Å². The van der Waals surface area contributed by atoms with Crippen molar-refractivity contribution >= 4 is 5.78 Å². The molecular weight excluding hydrogens is 184 g/mol. The van der Waals surface area contributed by atoms with Crippen molar-refractivity contribution in [2.45, 2.75) is 32.6 Å². The summed E-state index contributed by atoms with van der Waals surface area (Å²) in [4.78, 5) is 12.1. The van der Waals surface area contributed by atoms with Gasteiger partial charge in [0.05, 0.1) is 0 Å². The van der Waals surface area contributed by atoms with Crippen LogP contribution in [0.15, 0.2) is 30.3 Å². The first-order valence-corrected chi connectivity index (χ1v) is 5.88. The minimum Gasteiger partial charge on any atom is -0.294 e. The van der Waals surface area contributed by atoms with Gasteiger partial charge in [-0.05, 0) is 18.8 Å². The van der Waals surface area contributed by atoms with E-state index in [9.17, 15) is 4.79 Å². The third-order valence-electron chi connectivity index (χ3n) is 3.58. The van der Waals surface area contributed by atoms with Gasteiger partial charge in [0.2, 0.25) is 0 Å². The molecule has 0 bridgehead atoms. The summed E-state index contributed by atoms with van der Waals surface area (Å²) < 4.78 is 0. The Morgan fingerprint density at radius 1 is 1.20 bits per heavy atom. The fourth-order valence-corrected chi connectivity index (χ4v) is 2.54. The lowest BCUT2D eigenvalue weighted by atomic mass is 9.86. The summed E-state index contributed by atoms with van der Waals surface area (Å²) in [5, 5.41) is 0. The molecule has 1 fully saturated rings. The molecule has 0 aromatic heterocycles. The molecule has 2 rings (SSSR count). The first kappa shape index (κ1) is 10.4. The van der Waals surface area contributed by atoms with Gasteiger partial charge in [-0.25, -0.2) is 0 Å². The topological polar surface area (TPSA) is 17.1 Å². The summed E-state index contributed by atoms with van der Waals surface area (Å²) in [5.74, 6) is 1.15. The highest BCUT2D eigenvalue weighted by atomic mass is 16.1. The molecule has 0 saturated heterocycles. The largest absolute Gasteiger partial charge is 0.294 e. The van der Waals surface area contributed by atoms with Crippen molar-refractivity contribution in [2.24, 2.45) is 11.8 Å². The van der Waals surface area contributed by atoms with Crippen molar-refractivity contribution in [3.05, 3.63) is 35.9 Å². The third kappa shape index (κ3) is 2.28. The maximum Gasteiger partial charge on any atom is 0.165 e. The van der Waals surface area contributed by atoms with Crippen LogP contribution in [0.2, 0.25) is 0 Å². The number of carbonyl (C=O) groups is 1. The molecule has 0 aliphatic heterocycles. The lowest BCUT2D eigenvalue weighted by Gasteiger charge is -2.17. The quantitative estimate of drug-likeness (QED) is 0.683. The van der Waals surface area contributed by atoms with Gasteiger partial charge in [0, 0.05) is 11.5 Å². The molecule has 80 valence electrons. The fourth-order valence-electron chi connectivity index (χ4n) is 2.54. The maximum absolute atomic E-state index is 12.1. The van der Waals surface area contributed by atoms with Crippen LogP contribution >= 0.6 is 0 Å². The molecule has 1 unspecified atom stereocenters. The van der Waals surface area contributed by atoms with Crippen molar-refractivity contribution in [1.82, 2.24) is 0 Å². The third-order valence-corrected chi connectivity index (χ3v) is 3.58. The Balaban J connectivity index is 2.07. The number of hydrogen-bond donors (Lipinski definition) is 0. The van der Waals surface area contributed by atoms with Crippen molar-refractivity contribution < 1.29 is 4.79 Å². The van der Waals surface area contributed by atoms with E-state index < -0.39 is 0 Å². The summed E-state index contributed by atoms with van der Waals surface area (Å²) in [6, 6.07) is 9.68. The normalized spacial score (nSPS) is 19.0. The van der Waals surface area contributed by atoms with E-state index >= 15 is 0 Å². The summed E-state index contributed by atoms with van der Waals surface area (Å²) in [6.07, 6.45) is 5.08. The van der Waals surface area contributed by atoms with Crippen LogP contribution in [0, 0.1) is 11.8 Å². The van der Waals surface area contributed by atoms with E-state index in [0.29, 0.717) is 11.7 Å². The first-order valence-electron chi connectivity index (χ1n) is 5.88. The van der Waals surface area contributed by atoms with Crippen molar-refractivity contribution in [3.8, 4) is 0 Å². The van der Waals surface area contributed by atoms with Crippen LogP contribution in [-0.2, 0) is 0 Å². The molecular formula is C14H18O. The highest BCUT2D eigenvalue weighted by Gasteiger charge is 2.27. The molecule has 1 atom stereocenters. The predicted octanol–water partition coefficient (Wildman–Crippen LogP) is 3.70. The average Bonchev–Trinajstić information content (AvgIpc) is 2.82. The number of rotatable bonds is 3. The summed E-state index contributed by atoms with van der Waals surface area (Å²) in [7, 11) is 0. The Morgan fingerprint density at radius 2 is 1.80 bits per heavy atom. The molecule has 0 heterocycles. The van der Waals surface area contributed by atoms with E-state index in [2.05, 4.69) is 6.92 Å². The Kier molecular flexibility index (Phi) is 3.20. The van der Waals surface area contributed by atoms with Crippen LogP contribution in [0.4, 0.5) is 0 Å².